The Morgan fingerprint density at radius 2 is 1.53 bits per heavy atom. The molecule has 6 N–H and O–H groups in total. The standard InChI is InChI=1S/C40H46N12O7/c1-5-27-34(59-24(4)43-27)38(56)47-40-45-29-21-26(36(42)54)22-32(58-18-15-49-13-16-57-17-14-49)33(29)51(40)12-8-7-11-50-30-10-9-25(35(41)53)20-28(30)44-39(50)46-37(55)31-19-23(3)48-52(31)6-2/h7-10,19-22H,5-6,11-18H2,1-4H3,(H2,41,53)(H2,42,54)(H,44,46,55)(H,45,47,56). The third kappa shape index (κ3) is 8.70. The lowest BCUT2D eigenvalue weighted by atomic mass is 10.1. The van der Waals surface area contributed by atoms with E-state index in [-0.39, 0.29) is 41.9 Å². The first kappa shape index (κ1) is 40.3. The fourth-order valence-corrected chi connectivity index (χ4v) is 6.97. The van der Waals surface area contributed by atoms with Crippen LogP contribution in [0.2, 0.25) is 0 Å². The Morgan fingerprint density at radius 1 is 0.847 bits per heavy atom. The fraction of sp³-hybridized carbons (Fsp3) is 0.350. The van der Waals surface area contributed by atoms with E-state index in [9.17, 15) is 19.2 Å². The first-order chi connectivity index (χ1) is 28.4. The molecule has 6 aromatic rings. The quantitative estimate of drug-likeness (QED) is 0.103. The van der Waals surface area contributed by atoms with E-state index in [4.69, 9.17) is 30.3 Å². The SMILES string of the molecule is CCc1nc(C)oc1C(=O)Nc1nc2cc(C(N)=O)cc(OCCN3CCOCC3)c2n1CC=CCn1c(NC(=O)c2cc(C)nn2CC)nc2cc(C(N)=O)ccc21. The highest BCUT2D eigenvalue weighted by Gasteiger charge is 2.24. The number of oxazole rings is 1. The first-order valence-corrected chi connectivity index (χ1v) is 19.3. The molecule has 5 heterocycles. The second-order valence-corrected chi connectivity index (χ2v) is 13.9. The van der Waals surface area contributed by atoms with Gasteiger partial charge >= 0.3 is 0 Å². The van der Waals surface area contributed by atoms with E-state index in [0.717, 1.165) is 13.1 Å². The molecule has 0 radical (unpaired) electrons. The van der Waals surface area contributed by atoms with Crippen molar-refractivity contribution in [2.24, 2.45) is 11.5 Å². The van der Waals surface area contributed by atoms with Crippen molar-refractivity contribution in [2.45, 2.75) is 53.8 Å². The largest absolute Gasteiger partial charge is 0.490 e. The van der Waals surface area contributed by atoms with Crippen LogP contribution in [0.4, 0.5) is 11.9 Å². The van der Waals surface area contributed by atoms with E-state index in [1.54, 1.807) is 57.1 Å². The summed E-state index contributed by atoms with van der Waals surface area (Å²) in [6.45, 7) is 11.9. The van der Waals surface area contributed by atoms with Crippen LogP contribution in [0.25, 0.3) is 22.1 Å². The van der Waals surface area contributed by atoms with Gasteiger partial charge in [0.15, 0.2) is 5.89 Å². The minimum Gasteiger partial charge on any atom is -0.490 e. The minimum atomic E-state index is -0.664. The Bertz CT molecular complexity index is 2590. The molecule has 1 saturated heterocycles. The van der Waals surface area contributed by atoms with Gasteiger partial charge in [-0.25, -0.2) is 15.0 Å². The van der Waals surface area contributed by atoms with Gasteiger partial charge in [0.05, 0.1) is 41.2 Å². The third-order valence-electron chi connectivity index (χ3n) is 9.87. The van der Waals surface area contributed by atoms with Crippen LogP contribution in [0.5, 0.6) is 5.75 Å². The summed E-state index contributed by atoms with van der Waals surface area (Å²) < 4.78 is 22.6. The predicted octanol–water partition coefficient (Wildman–Crippen LogP) is 3.44. The van der Waals surface area contributed by atoms with Crippen LogP contribution in [0.15, 0.2) is 53.0 Å². The predicted molar refractivity (Wildman–Crippen MR) is 218 cm³/mol. The van der Waals surface area contributed by atoms with Crippen LogP contribution >= 0.6 is 0 Å². The molecule has 1 aliphatic heterocycles. The summed E-state index contributed by atoms with van der Waals surface area (Å²) in [5.74, 6) is -1.05. The molecule has 0 saturated carbocycles. The zero-order valence-electron chi connectivity index (χ0n) is 33.3. The number of carbonyl (C=O) groups excluding carboxylic acids is 4. The molecule has 19 heteroatoms. The zero-order chi connectivity index (χ0) is 41.8. The average molecular weight is 807 g/mol. The van der Waals surface area contributed by atoms with Crippen molar-refractivity contribution in [3.63, 3.8) is 0 Å². The fourth-order valence-electron chi connectivity index (χ4n) is 6.97. The Hall–Kier alpha value is -6.86. The van der Waals surface area contributed by atoms with Crippen LogP contribution in [0, 0.1) is 13.8 Å². The molecule has 2 aromatic carbocycles. The van der Waals surface area contributed by atoms with E-state index in [1.165, 1.54) is 0 Å². The highest BCUT2D eigenvalue weighted by molar-refractivity contribution is 6.05. The Kier molecular flexibility index (Phi) is 11.8. The van der Waals surface area contributed by atoms with Crippen LogP contribution in [-0.4, -0.2) is 102 Å². The number of primary amides is 2. The van der Waals surface area contributed by atoms with Gasteiger partial charge in [0.25, 0.3) is 11.8 Å². The molecule has 308 valence electrons. The number of anilines is 2. The number of amides is 4. The van der Waals surface area contributed by atoms with Gasteiger partial charge in [-0.3, -0.25) is 39.4 Å². The summed E-state index contributed by atoms with van der Waals surface area (Å²) in [4.78, 5) is 67.7. The van der Waals surface area contributed by atoms with Gasteiger partial charge in [-0.2, -0.15) is 5.10 Å². The first-order valence-electron chi connectivity index (χ1n) is 19.3. The molecule has 19 nitrogen and oxygen atoms in total. The van der Waals surface area contributed by atoms with Gasteiger partial charge in [0.1, 0.15) is 23.6 Å². The summed E-state index contributed by atoms with van der Waals surface area (Å²) in [5, 5.41) is 10.2. The highest BCUT2D eigenvalue weighted by atomic mass is 16.5. The minimum absolute atomic E-state index is 0.0668. The number of nitrogens with zero attached hydrogens (tertiary/aromatic N) is 8. The molecule has 0 aliphatic carbocycles. The average Bonchev–Trinajstić information content (AvgIpc) is 3.98. The number of aromatic nitrogens is 7. The van der Waals surface area contributed by atoms with Crippen LogP contribution in [0.1, 0.15) is 72.9 Å². The molecule has 7 rings (SSSR count). The maximum absolute atomic E-state index is 13.7. The summed E-state index contributed by atoms with van der Waals surface area (Å²) in [7, 11) is 0. The lowest BCUT2D eigenvalue weighted by Crippen LogP contribution is -2.38. The van der Waals surface area contributed by atoms with E-state index in [1.807, 2.05) is 32.9 Å². The second kappa shape index (κ2) is 17.3. The van der Waals surface area contributed by atoms with Gasteiger partial charge in [-0.15, -0.1) is 0 Å². The third-order valence-corrected chi connectivity index (χ3v) is 9.87. The van der Waals surface area contributed by atoms with Crippen LogP contribution < -0.4 is 26.8 Å². The van der Waals surface area contributed by atoms with Crippen molar-refractivity contribution in [3.8, 4) is 5.75 Å². The highest BCUT2D eigenvalue weighted by Crippen LogP contribution is 2.32. The zero-order valence-corrected chi connectivity index (χ0v) is 33.3. The van der Waals surface area contributed by atoms with E-state index >= 15 is 0 Å². The number of nitrogens with one attached hydrogen (secondary N) is 2. The number of rotatable bonds is 16. The lowest BCUT2D eigenvalue weighted by molar-refractivity contribution is 0.0323. The number of benzene rings is 2. The molecule has 0 atom stereocenters. The van der Waals surface area contributed by atoms with Gasteiger partial charge in [-0.05, 0) is 56.7 Å². The number of hydrogen-bond acceptors (Lipinski definition) is 12. The van der Waals surface area contributed by atoms with Crippen LogP contribution in [0.3, 0.4) is 0 Å². The Morgan fingerprint density at radius 3 is 2.24 bits per heavy atom. The number of hydrogen-bond donors (Lipinski definition) is 4. The molecule has 1 fully saturated rings. The molecular weight excluding hydrogens is 761 g/mol. The number of carbonyl (C=O) groups is 4. The summed E-state index contributed by atoms with van der Waals surface area (Å²) in [6, 6.07) is 9.71. The van der Waals surface area contributed by atoms with Crippen LogP contribution in [-0.2, 0) is 30.8 Å². The Balaban J connectivity index is 1.24. The number of morpholine rings is 1. The monoisotopic (exact) mass is 806 g/mol. The number of allylic oxidation sites excluding steroid dienone is 2. The number of ether oxygens (including phenoxy) is 2. The molecule has 0 unspecified atom stereocenters. The summed E-state index contributed by atoms with van der Waals surface area (Å²) in [6.07, 6.45) is 4.19. The lowest BCUT2D eigenvalue weighted by Gasteiger charge is -2.26. The number of imidazole rings is 2. The van der Waals surface area contributed by atoms with Crippen molar-refractivity contribution in [3.05, 3.63) is 88.4 Å². The van der Waals surface area contributed by atoms with Crippen molar-refractivity contribution in [1.82, 2.24) is 38.8 Å². The molecule has 0 spiro atoms. The van der Waals surface area contributed by atoms with Crippen molar-refractivity contribution < 1.29 is 33.1 Å². The van der Waals surface area contributed by atoms with Gasteiger partial charge in [0, 0.05) is 57.3 Å². The van der Waals surface area contributed by atoms with Crippen molar-refractivity contribution >= 4 is 57.6 Å². The van der Waals surface area contributed by atoms with Crippen molar-refractivity contribution in [1.29, 1.82) is 0 Å². The molecular formula is C40H46N12O7. The Labute approximate surface area is 338 Å². The normalized spacial score (nSPS) is 13.4. The van der Waals surface area contributed by atoms with E-state index < -0.39 is 23.6 Å². The number of aryl methyl sites for hydroxylation is 4. The second-order valence-electron chi connectivity index (χ2n) is 13.9. The maximum atomic E-state index is 13.7. The van der Waals surface area contributed by atoms with Gasteiger partial charge in [0.2, 0.25) is 29.5 Å². The summed E-state index contributed by atoms with van der Waals surface area (Å²) >= 11 is 0. The summed E-state index contributed by atoms with van der Waals surface area (Å²) in [5.41, 5.74) is 15.3. The topological polar surface area (TPSA) is 246 Å². The van der Waals surface area contributed by atoms with E-state index in [0.29, 0.717) is 90.1 Å². The smallest absolute Gasteiger partial charge is 0.295 e. The van der Waals surface area contributed by atoms with Gasteiger partial charge in [-0.1, -0.05) is 19.1 Å². The molecule has 1 aliphatic rings. The maximum Gasteiger partial charge on any atom is 0.295 e. The number of fused-ring (bicyclic) bond motifs is 2. The van der Waals surface area contributed by atoms with Crippen molar-refractivity contribution in [2.75, 3.05) is 50.1 Å². The molecule has 4 aromatic heterocycles. The van der Waals surface area contributed by atoms with E-state index in [2.05, 4.69) is 30.6 Å². The molecule has 4 amide bonds. The van der Waals surface area contributed by atoms with Gasteiger partial charge < -0.3 is 34.5 Å². The molecule has 59 heavy (non-hydrogen) atoms. The molecule has 0 bridgehead atoms. The number of nitrogens with two attached hydrogens (primary N) is 2.